The Morgan fingerprint density at radius 2 is 1.71 bits per heavy atom. The molecule has 0 saturated carbocycles. The van der Waals surface area contributed by atoms with Crippen molar-refractivity contribution in [3.63, 3.8) is 0 Å². The topological polar surface area (TPSA) is 84.5 Å². The molecule has 0 amide bonds. The predicted molar refractivity (Wildman–Crippen MR) is 50.4 cm³/mol. The predicted octanol–water partition coefficient (Wildman–Crippen LogP) is 1.07. The molecule has 76 valence electrons. The van der Waals surface area contributed by atoms with Gasteiger partial charge in [-0.1, -0.05) is 37.3 Å². The molecule has 1 aromatic rings. The molecule has 4 heteroatoms. The third-order valence-corrected chi connectivity index (χ3v) is 1.73. The van der Waals surface area contributed by atoms with E-state index in [2.05, 4.69) is 0 Å². The summed E-state index contributed by atoms with van der Waals surface area (Å²) in [6.07, 6.45) is 1.05. The smallest absolute Gasteiger partial charge is 0.283 e. The molecular weight excluding hydrogens is 182 g/mol. The molecule has 0 radical (unpaired) electrons. The van der Waals surface area contributed by atoms with Crippen LogP contribution in [-0.2, 0) is 5.79 Å². The van der Waals surface area contributed by atoms with Crippen molar-refractivity contribution >= 4 is 0 Å². The lowest BCUT2D eigenvalue weighted by atomic mass is 10.0. The lowest BCUT2D eigenvalue weighted by Crippen LogP contribution is -2.23. The van der Waals surface area contributed by atoms with Crippen LogP contribution in [0.15, 0.2) is 30.3 Å². The summed E-state index contributed by atoms with van der Waals surface area (Å²) in [6.45, 7) is 1.73. The zero-order valence-corrected chi connectivity index (χ0v) is 7.88. The molecule has 0 fully saturated rings. The molecule has 14 heavy (non-hydrogen) atoms. The van der Waals surface area contributed by atoms with Gasteiger partial charge in [-0.3, -0.25) is 0 Å². The van der Waals surface area contributed by atoms with Crippen molar-refractivity contribution in [2.24, 2.45) is 0 Å². The SMILES string of the molecule is CCC(O)(O)c1ccccc1.N#CO. The highest BCUT2D eigenvalue weighted by Crippen LogP contribution is 2.20. The molecule has 0 aliphatic heterocycles. The average molecular weight is 195 g/mol. The zero-order valence-electron chi connectivity index (χ0n) is 7.88. The number of rotatable bonds is 2. The summed E-state index contributed by atoms with van der Waals surface area (Å²) in [5.41, 5.74) is 0.544. The molecule has 0 atom stereocenters. The second kappa shape index (κ2) is 5.97. The summed E-state index contributed by atoms with van der Waals surface area (Å²) in [5.74, 6) is -1.67. The zero-order chi connectivity index (χ0) is 11.0. The molecule has 0 heterocycles. The average Bonchev–Trinajstić information content (AvgIpc) is 2.20. The number of hydrogen-bond acceptors (Lipinski definition) is 4. The molecular formula is C10H13NO3. The highest BCUT2D eigenvalue weighted by Gasteiger charge is 2.21. The summed E-state index contributed by atoms with van der Waals surface area (Å²) in [5, 5.41) is 32.5. The Kier molecular flexibility index (Phi) is 5.30. The summed E-state index contributed by atoms with van der Waals surface area (Å²) in [4.78, 5) is 0. The van der Waals surface area contributed by atoms with E-state index in [0.29, 0.717) is 12.0 Å². The maximum Gasteiger partial charge on any atom is 0.283 e. The minimum atomic E-state index is -1.67. The Bertz CT molecular complexity index is 290. The lowest BCUT2D eigenvalue weighted by molar-refractivity contribution is -0.171. The largest absolute Gasteiger partial charge is 0.443 e. The van der Waals surface area contributed by atoms with Crippen LogP contribution in [0.5, 0.6) is 0 Å². The highest BCUT2D eigenvalue weighted by atomic mass is 16.5. The van der Waals surface area contributed by atoms with Crippen LogP contribution in [0.3, 0.4) is 0 Å². The first-order valence-corrected chi connectivity index (χ1v) is 4.12. The molecule has 3 N–H and O–H groups in total. The van der Waals surface area contributed by atoms with Gasteiger partial charge < -0.3 is 15.3 Å². The third-order valence-electron chi connectivity index (χ3n) is 1.73. The molecule has 1 rings (SSSR count). The molecule has 0 bridgehead atoms. The first-order chi connectivity index (χ1) is 6.58. The number of nitriles is 1. The fourth-order valence-corrected chi connectivity index (χ4v) is 0.909. The second-order valence-electron chi connectivity index (χ2n) is 2.64. The lowest BCUT2D eigenvalue weighted by Gasteiger charge is -2.19. The molecule has 0 saturated heterocycles. The number of aliphatic hydroxyl groups is 3. The van der Waals surface area contributed by atoms with E-state index in [-0.39, 0.29) is 0 Å². The van der Waals surface area contributed by atoms with Crippen molar-refractivity contribution in [3.05, 3.63) is 35.9 Å². The van der Waals surface area contributed by atoms with Crippen molar-refractivity contribution in [2.45, 2.75) is 19.1 Å². The van der Waals surface area contributed by atoms with E-state index in [9.17, 15) is 10.2 Å². The van der Waals surface area contributed by atoms with Gasteiger partial charge >= 0.3 is 0 Å². The van der Waals surface area contributed by atoms with Gasteiger partial charge in [0.2, 0.25) is 0 Å². The van der Waals surface area contributed by atoms with Gasteiger partial charge in [0.15, 0.2) is 5.79 Å². The minimum Gasteiger partial charge on any atom is -0.443 e. The van der Waals surface area contributed by atoms with E-state index in [1.54, 1.807) is 31.2 Å². The second-order valence-corrected chi connectivity index (χ2v) is 2.64. The summed E-state index contributed by atoms with van der Waals surface area (Å²) in [7, 11) is 0. The Morgan fingerprint density at radius 1 is 1.29 bits per heavy atom. The van der Waals surface area contributed by atoms with Crippen molar-refractivity contribution in [3.8, 4) is 6.26 Å². The number of benzene rings is 1. The number of aliphatic hydroxyl groups excluding tert-OH is 1. The molecule has 4 nitrogen and oxygen atoms in total. The molecule has 0 unspecified atom stereocenters. The van der Waals surface area contributed by atoms with Crippen molar-refractivity contribution in [2.75, 3.05) is 0 Å². The standard InChI is InChI=1S/C9H12O2.CHNO/c1-2-9(10,11)8-6-4-3-5-7-8;2-1-3/h3-7,10-11H,2H2,1H3;3H. The summed E-state index contributed by atoms with van der Waals surface area (Å²) >= 11 is 0. The first kappa shape index (κ1) is 12.4. The van der Waals surface area contributed by atoms with Crippen molar-refractivity contribution < 1.29 is 15.3 Å². The number of hydrogen-bond donors (Lipinski definition) is 3. The van der Waals surface area contributed by atoms with Gasteiger partial charge in [0.05, 0.1) is 0 Å². The van der Waals surface area contributed by atoms with Gasteiger partial charge in [-0.15, -0.1) is 0 Å². The molecule has 1 aromatic carbocycles. The quantitative estimate of drug-likeness (QED) is 0.487. The normalized spacial score (nSPS) is 9.57. The fourth-order valence-electron chi connectivity index (χ4n) is 0.909. The van der Waals surface area contributed by atoms with Gasteiger partial charge in [0.25, 0.3) is 6.26 Å². The molecule has 0 aliphatic carbocycles. The van der Waals surface area contributed by atoms with E-state index < -0.39 is 5.79 Å². The number of nitrogens with zero attached hydrogens (tertiary/aromatic N) is 1. The Labute approximate surface area is 82.7 Å². The van der Waals surface area contributed by atoms with Crippen LogP contribution in [0.4, 0.5) is 0 Å². The molecule has 0 aromatic heterocycles. The third kappa shape index (κ3) is 3.90. The summed E-state index contributed by atoms with van der Waals surface area (Å²) < 4.78 is 0. The van der Waals surface area contributed by atoms with Crippen LogP contribution in [0.2, 0.25) is 0 Å². The van der Waals surface area contributed by atoms with Crippen LogP contribution in [-0.4, -0.2) is 15.3 Å². The molecule has 0 spiro atoms. The van der Waals surface area contributed by atoms with E-state index in [0.717, 1.165) is 6.26 Å². The van der Waals surface area contributed by atoms with E-state index in [1.165, 1.54) is 0 Å². The Morgan fingerprint density at radius 3 is 2.07 bits per heavy atom. The highest BCUT2D eigenvalue weighted by molar-refractivity contribution is 5.19. The maximum absolute atomic E-state index is 9.35. The van der Waals surface area contributed by atoms with Gasteiger partial charge in [-0.2, -0.15) is 5.26 Å². The van der Waals surface area contributed by atoms with Crippen molar-refractivity contribution in [1.29, 1.82) is 5.26 Å². The Balaban J connectivity index is 0.000000500. The maximum atomic E-state index is 9.35. The van der Waals surface area contributed by atoms with Crippen LogP contribution in [0, 0.1) is 11.5 Å². The van der Waals surface area contributed by atoms with Gasteiger partial charge in [0, 0.05) is 12.0 Å². The van der Waals surface area contributed by atoms with Crippen LogP contribution < -0.4 is 0 Å². The monoisotopic (exact) mass is 195 g/mol. The molecule has 0 aliphatic rings. The summed E-state index contributed by atoms with van der Waals surface area (Å²) in [6, 6.07) is 8.81. The van der Waals surface area contributed by atoms with Crippen molar-refractivity contribution in [1.82, 2.24) is 0 Å². The van der Waals surface area contributed by atoms with E-state index in [4.69, 9.17) is 10.4 Å². The van der Waals surface area contributed by atoms with E-state index in [1.807, 2.05) is 6.07 Å². The van der Waals surface area contributed by atoms with Gasteiger partial charge in [0.1, 0.15) is 0 Å². The van der Waals surface area contributed by atoms with Crippen LogP contribution in [0.25, 0.3) is 0 Å². The van der Waals surface area contributed by atoms with Gasteiger partial charge in [-0.25, -0.2) is 0 Å². The van der Waals surface area contributed by atoms with Crippen LogP contribution in [0.1, 0.15) is 18.9 Å². The van der Waals surface area contributed by atoms with Gasteiger partial charge in [-0.05, 0) is 0 Å². The van der Waals surface area contributed by atoms with E-state index >= 15 is 0 Å². The van der Waals surface area contributed by atoms with Crippen LogP contribution >= 0.6 is 0 Å². The fraction of sp³-hybridized carbons (Fsp3) is 0.300. The Hall–Kier alpha value is -1.57. The minimum absolute atomic E-state index is 0.303. The first-order valence-electron chi connectivity index (χ1n) is 4.12.